The number of nitrogens with one attached hydrogen (secondary N) is 1. The van der Waals surface area contributed by atoms with Crippen LogP contribution in [0.1, 0.15) is 24.0 Å². The van der Waals surface area contributed by atoms with E-state index in [4.69, 9.17) is 26.8 Å². The lowest BCUT2D eigenvalue weighted by Crippen LogP contribution is -2.15. The molecule has 0 unspecified atom stereocenters. The van der Waals surface area contributed by atoms with Crippen LogP contribution in [-0.4, -0.2) is 24.7 Å². The summed E-state index contributed by atoms with van der Waals surface area (Å²) in [6, 6.07) is 10.2. The van der Waals surface area contributed by atoms with Gasteiger partial charge in [0.1, 0.15) is 13.2 Å². The SMILES string of the molecule is Cc1cc(Cl)cc2c(CCCCN)c(-c3ccc4c(c3)OCCO4)[nH]c12. The van der Waals surface area contributed by atoms with Crippen molar-refractivity contribution in [2.24, 2.45) is 5.73 Å². The molecule has 3 aromatic rings. The normalized spacial score (nSPS) is 13.3. The maximum atomic E-state index is 6.34. The van der Waals surface area contributed by atoms with E-state index in [-0.39, 0.29) is 0 Å². The number of aromatic nitrogens is 1. The molecule has 1 aromatic heterocycles. The average molecular weight is 371 g/mol. The van der Waals surface area contributed by atoms with Gasteiger partial charge in [0.25, 0.3) is 0 Å². The van der Waals surface area contributed by atoms with Crippen LogP contribution in [0.4, 0.5) is 0 Å². The Morgan fingerprint density at radius 1 is 1.08 bits per heavy atom. The number of nitrogens with two attached hydrogens (primary N) is 1. The van der Waals surface area contributed by atoms with Gasteiger partial charge in [-0.15, -0.1) is 0 Å². The van der Waals surface area contributed by atoms with E-state index in [2.05, 4.69) is 30.1 Å². The Labute approximate surface area is 158 Å². The van der Waals surface area contributed by atoms with E-state index in [9.17, 15) is 0 Å². The first-order valence-corrected chi connectivity index (χ1v) is 9.46. The molecule has 136 valence electrons. The maximum Gasteiger partial charge on any atom is 0.162 e. The lowest BCUT2D eigenvalue weighted by molar-refractivity contribution is 0.171. The summed E-state index contributed by atoms with van der Waals surface area (Å²) in [5, 5.41) is 1.96. The molecule has 1 aliphatic heterocycles. The Kier molecular flexibility index (Phi) is 4.79. The molecule has 0 saturated heterocycles. The molecule has 0 aliphatic carbocycles. The van der Waals surface area contributed by atoms with Gasteiger partial charge in [-0.3, -0.25) is 0 Å². The highest BCUT2D eigenvalue weighted by Crippen LogP contribution is 2.39. The lowest BCUT2D eigenvalue weighted by atomic mass is 9.99. The highest BCUT2D eigenvalue weighted by Gasteiger charge is 2.18. The zero-order chi connectivity index (χ0) is 18.1. The Morgan fingerprint density at radius 3 is 2.69 bits per heavy atom. The molecule has 1 aliphatic rings. The van der Waals surface area contributed by atoms with Crippen molar-refractivity contribution in [3.05, 3.63) is 46.5 Å². The Balaban J connectivity index is 1.85. The van der Waals surface area contributed by atoms with Crippen LogP contribution >= 0.6 is 11.6 Å². The van der Waals surface area contributed by atoms with Crippen molar-refractivity contribution in [1.29, 1.82) is 0 Å². The summed E-state index contributed by atoms with van der Waals surface area (Å²) in [6.45, 7) is 3.98. The molecule has 4 rings (SSSR count). The van der Waals surface area contributed by atoms with Crippen LogP contribution in [0, 0.1) is 6.92 Å². The van der Waals surface area contributed by atoms with Crippen LogP contribution < -0.4 is 15.2 Å². The summed E-state index contributed by atoms with van der Waals surface area (Å²) >= 11 is 6.34. The van der Waals surface area contributed by atoms with Gasteiger partial charge < -0.3 is 20.2 Å². The van der Waals surface area contributed by atoms with Gasteiger partial charge in [0.15, 0.2) is 11.5 Å². The van der Waals surface area contributed by atoms with Crippen LogP contribution in [0.2, 0.25) is 5.02 Å². The molecular weight excluding hydrogens is 348 g/mol. The summed E-state index contributed by atoms with van der Waals surface area (Å²) in [4.78, 5) is 3.62. The van der Waals surface area contributed by atoms with Gasteiger partial charge in [-0.1, -0.05) is 11.6 Å². The predicted octanol–water partition coefficient (Wildman–Crippen LogP) is 4.85. The molecule has 26 heavy (non-hydrogen) atoms. The topological polar surface area (TPSA) is 60.3 Å². The molecule has 0 saturated carbocycles. The minimum Gasteiger partial charge on any atom is -0.486 e. The second kappa shape index (κ2) is 7.22. The second-order valence-electron chi connectivity index (χ2n) is 6.73. The van der Waals surface area contributed by atoms with E-state index in [0.717, 1.165) is 58.1 Å². The molecule has 0 bridgehead atoms. The molecule has 0 fully saturated rings. The zero-order valence-corrected chi connectivity index (χ0v) is 15.7. The van der Waals surface area contributed by atoms with E-state index in [0.29, 0.717) is 19.8 Å². The molecule has 2 aromatic carbocycles. The fourth-order valence-corrected chi connectivity index (χ4v) is 3.91. The van der Waals surface area contributed by atoms with Gasteiger partial charge >= 0.3 is 0 Å². The Bertz CT molecular complexity index is 949. The number of hydrogen-bond acceptors (Lipinski definition) is 3. The molecule has 5 heteroatoms. The van der Waals surface area contributed by atoms with Gasteiger partial charge in [0, 0.05) is 27.2 Å². The number of unbranched alkanes of at least 4 members (excludes halogenated alkanes) is 1. The number of benzene rings is 2. The van der Waals surface area contributed by atoms with Crippen molar-refractivity contribution in [2.75, 3.05) is 19.8 Å². The summed E-state index contributed by atoms with van der Waals surface area (Å²) < 4.78 is 11.4. The summed E-state index contributed by atoms with van der Waals surface area (Å²) in [7, 11) is 0. The van der Waals surface area contributed by atoms with Crippen molar-refractivity contribution in [3.8, 4) is 22.8 Å². The van der Waals surface area contributed by atoms with Crippen LogP contribution in [0.25, 0.3) is 22.2 Å². The molecular formula is C21H23ClN2O2. The van der Waals surface area contributed by atoms with Gasteiger partial charge in [0.05, 0.1) is 0 Å². The molecule has 0 atom stereocenters. The molecule has 0 amide bonds. The third-order valence-corrected chi connectivity index (χ3v) is 5.11. The largest absolute Gasteiger partial charge is 0.486 e. The lowest BCUT2D eigenvalue weighted by Gasteiger charge is -2.19. The van der Waals surface area contributed by atoms with E-state index in [1.807, 2.05) is 12.1 Å². The third-order valence-electron chi connectivity index (χ3n) is 4.89. The highest BCUT2D eigenvalue weighted by molar-refractivity contribution is 6.31. The van der Waals surface area contributed by atoms with Gasteiger partial charge in [-0.05, 0) is 74.2 Å². The highest BCUT2D eigenvalue weighted by atomic mass is 35.5. The molecule has 3 N–H and O–H groups in total. The van der Waals surface area contributed by atoms with Crippen molar-refractivity contribution in [2.45, 2.75) is 26.2 Å². The number of halogens is 1. The number of aromatic amines is 1. The minimum atomic E-state index is 0.585. The number of rotatable bonds is 5. The van der Waals surface area contributed by atoms with Crippen molar-refractivity contribution in [1.82, 2.24) is 4.98 Å². The summed E-state index contributed by atoms with van der Waals surface area (Å²) in [6.07, 6.45) is 3.01. The second-order valence-corrected chi connectivity index (χ2v) is 7.16. The van der Waals surface area contributed by atoms with Crippen molar-refractivity contribution >= 4 is 22.5 Å². The van der Waals surface area contributed by atoms with Crippen molar-refractivity contribution < 1.29 is 9.47 Å². The number of H-pyrrole nitrogens is 1. The standard InChI is InChI=1S/C21H23ClN2O2/c1-13-10-15(22)12-17-16(4-2-3-7-23)21(24-20(13)17)14-5-6-18-19(11-14)26-9-8-25-18/h5-6,10-12,24H,2-4,7-9,23H2,1H3. The van der Waals surface area contributed by atoms with Crippen LogP contribution in [0.3, 0.4) is 0 Å². The minimum absolute atomic E-state index is 0.585. The Hall–Kier alpha value is -2.17. The van der Waals surface area contributed by atoms with E-state index in [1.54, 1.807) is 0 Å². The fraction of sp³-hybridized carbons (Fsp3) is 0.333. The molecule has 0 radical (unpaired) electrons. The van der Waals surface area contributed by atoms with Gasteiger partial charge in [-0.2, -0.15) is 0 Å². The van der Waals surface area contributed by atoms with Crippen molar-refractivity contribution in [3.63, 3.8) is 0 Å². The van der Waals surface area contributed by atoms with Crippen LogP contribution in [0.15, 0.2) is 30.3 Å². The number of ether oxygens (including phenoxy) is 2. The fourth-order valence-electron chi connectivity index (χ4n) is 3.63. The molecule has 4 nitrogen and oxygen atoms in total. The van der Waals surface area contributed by atoms with E-state index >= 15 is 0 Å². The predicted molar refractivity (Wildman–Crippen MR) is 106 cm³/mol. The average Bonchev–Trinajstić information content (AvgIpc) is 3.00. The zero-order valence-electron chi connectivity index (χ0n) is 14.9. The summed E-state index contributed by atoms with van der Waals surface area (Å²) in [5.74, 6) is 1.61. The number of fused-ring (bicyclic) bond motifs is 2. The summed E-state index contributed by atoms with van der Waals surface area (Å²) in [5.41, 5.74) is 11.5. The first kappa shape index (κ1) is 17.3. The van der Waals surface area contributed by atoms with Crippen LogP contribution in [-0.2, 0) is 6.42 Å². The smallest absolute Gasteiger partial charge is 0.162 e. The molecule has 0 spiro atoms. The van der Waals surface area contributed by atoms with E-state index in [1.165, 1.54) is 10.9 Å². The Morgan fingerprint density at radius 2 is 1.88 bits per heavy atom. The van der Waals surface area contributed by atoms with Gasteiger partial charge in [-0.25, -0.2) is 0 Å². The van der Waals surface area contributed by atoms with Gasteiger partial charge in [0.2, 0.25) is 0 Å². The number of aryl methyl sites for hydroxylation is 2. The first-order chi connectivity index (χ1) is 12.7. The quantitative estimate of drug-likeness (QED) is 0.631. The van der Waals surface area contributed by atoms with E-state index < -0.39 is 0 Å². The maximum absolute atomic E-state index is 6.34. The number of hydrogen-bond donors (Lipinski definition) is 2. The monoisotopic (exact) mass is 370 g/mol. The first-order valence-electron chi connectivity index (χ1n) is 9.08. The third kappa shape index (κ3) is 3.15. The molecule has 2 heterocycles. The van der Waals surface area contributed by atoms with Crippen LogP contribution in [0.5, 0.6) is 11.5 Å².